The van der Waals surface area contributed by atoms with Crippen LogP contribution in [0.3, 0.4) is 0 Å². The molecule has 2 atom stereocenters. The number of amides is 1. The van der Waals surface area contributed by atoms with E-state index < -0.39 is 40.1 Å². The molecular weight excluding hydrogens is 542 g/mol. The Bertz CT molecular complexity index is 1450. The molecule has 3 aromatic carbocycles. The summed E-state index contributed by atoms with van der Waals surface area (Å²) in [7, 11) is -2.16. The van der Waals surface area contributed by atoms with Gasteiger partial charge in [0.2, 0.25) is 15.9 Å². The van der Waals surface area contributed by atoms with Crippen LogP contribution in [-0.4, -0.2) is 62.1 Å². The number of carbonyl (C=O) groups is 2. The Balaban J connectivity index is 1.83. The average Bonchev–Trinajstić information content (AvgIpc) is 2.91. The Morgan fingerprint density at radius 1 is 1.00 bits per heavy atom. The first-order valence-electron chi connectivity index (χ1n) is 11.9. The third-order valence-electron chi connectivity index (χ3n) is 5.95. The summed E-state index contributed by atoms with van der Waals surface area (Å²) in [6.45, 7) is 1.01. The molecule has 0 unspecified atom stereocenters. The van der Waals surface area contributed by atoms with Crippen molar-refractivity contribution in [3.8, 4) is 17.2 Å². The number of rotatable bonds is 13. The summed E-state index contributed by atoms with van der Waals surface area (Å²) in [4.78, 5) is 24.3. The highest BCUT2D eigenvalue weighted by Gasteiger charge is 2.35. The second-order valence-corrected chi connectivity index (χ2v) is 10.8. The number of carboxylic acids is 1. The molecule has 13 heteroatoms. The molecule has 40 heavy (non-hydrogen) atoms. The van der Waals surface area contributed by atoms with Crippen LogP contribution in [0.1, 0.15) is 24.2 Å². The number of anilines is 2. The summed E-state index contributed by atoms with van der Waals surface area (Å²) < 4.78 is 35.8. The van der Waals surface area contributed by atoms with Gasteiger partial charge in [0.1, 0.15) is 22.8 Å². The molecule has 0 aliphatic carbocycles. The second-order valence-electron chi connectivity index (χ2n) is 9.06. The molecule has 0 aliphatic rings. The van der Waals surface area contributed by atoms with Crippen molar-refractivity contribution in [1.29, 1.82) is 0 Å². The quantitative estimate of drug-likeness (QED) is 0.166. The van der Waals surface area contributed by atoms with Gasteiger partial charge in [-0.1, -0.05) is 18.2 Å². The number of aliphatic carboxylic acids is 1. The molecule has 0 radical (unpaired) electrons. The van der Waals surface area contributed by atoms with Crippen LogP contribution in [0.15, 0.2) is 66.7 Å². The fraction of sp³-hybridized carbons (Fsp3) is 0.259. The smallest absolute Gasteiger partial charge is 0.341 e. The molecule has 3 rings (SSSR count). The lowest BCUT2D eigenvalue weighted by Gasteiger charge is -2.31. The maximum Gasteiger partial charge on any atom is 0.341 e. The van der Waals surface area contributed by atoms with Gasteiger partial charge in [-0.05, 0) is 66.6 Å². The van der Waals surface area contributed by atoms with E-state index in [9.17, 15) is 28.2 Å². The highest BCUT2D eigenvalue weighted by atomic mass is 32.2. The molecule has 0 fully saturated rings. The Morgan fingerprint density at radius 3 is 2.20 bits per heavy atom. The summed E-state index contributed by atoms with van der Waals surface area (Å²) in [6.07, 6.45) is -0.246. The van der Waals surface area contributed by atoms with E-state index in [1.54, 1.807) is 43.3 Å². The summed E-state index contributed by atoms with van der Waals surface area (Å²) in [5.74, 6) is -0.988. The van der Waals surface area contributed by atoms with E-state index in [2.05, 4.69) is 15.4 Å². The number of benzene rings is 3. The van der Waals surface area contributed by atoms with Gasteiger partial charge in [0, 0.05) is 12.2 Å². The summed E-state index contributed by atoms with van der Waals surface area (Å²) in [6, 6.07) is 17.0. The van der Waals surface area contributed by atoms with E-state index in [-0.39, 0.29) is 18.0 Å². The fourth-order valence-electron chi connectivity index (χ4n) is 3.73. The van der Waals surface area contributed by atoms with Crippen molar-refractivity contribution in [1.82, 2.24) is 5.32 Å². The number of nitrogens with one attached hydrogen (secondary N) is 3. The Labute approximate surface area is 231 Å². The fourth-order valence-corrected chi connectivity index (χ4v) is 4.30. The lowest BCUT2D eigenvalue weighted by Crippen LogP contribution is -2.50. The predicted octanol–water partition coefficient (Wildman–Crippen LogP) is 2.41. The number of carboxylic acid groups (broad SMARTS) is 1. The van der Waals surface area contributed by atoms with Crippen LogP contribution < -0.4 is 24.8 Å². The van der Waals surface area contributed by atoms with Crippen LogP contribution in [0.2, 0.25) is 0 Å². The molecule has 0 spiro atoms. The number of aliphatic hydroxyl groups excluding tert-OH is 1. The van der Waals surface area contributed by atoms with Gasteiger partial charge in [-0.2, -0.15) is 0 Å². The number of carbonyl (C=O) groups excluding carboxylic acids is 1. The van der Waals surface area contributed by atoms with Gasteiger partial charge in [-0.3, -0.25) is 14.8 Å². The molecule has 3 aromatic rings. The molecule has 0 aromatic heterocycles. The second kappa shape index (κ2) is 12.7. The van der Waals surface area contributed by atoms with Gasteiger partial charge in [-0.25, -0.2) is 13.2 Å². The van der Waals surface area contributed by atoms with E-state index >= 15 is 0 Å². The summed E-state index contributed by atoms with van der Waals surface area (Å²) >= 11 is 0. The van der Waals surface area contributed by atoms with E-state index in [1.807, 2.05) is 0 Å². The van der Waals surface area contributed by atoms with Gasteiger partial charge < -0.3 is 30.1 Å². The van der Waals surface area contributed by atoms with Crippen molar-refractivity contribution in [2.75, 3.05) is 36.6 Å². The van der Waals surface area contributed by atoms with Gasteiger partial charge in [0.15, 0.2) is 6.61 Å². The zero-order chi connectivity index (χ0) is 29.5. The topological polar surface area (TPSA) is 184 Å². The number of hydrogen-bond donors (Lipinski definition) is 6. The first-order valence-corrected chi connectivity index (χ1v) is 13.8. The molecule has 214 valence electrons. The van der Waals surface area contributed by atoms with E-state index in [4.69, 9.17) is 14.6 Å². The van der Waals surface area contributed by atoms with Crippen molar-refractivity contribution >= 4 is 33.3 Å². The van der Waals surface area contributed by atoms with Crippen molar-refractivity contribution < 1.29 is 42.8 Å². The minimum absolute atomic E-state index is 0.0921. The van der Waals surface area contributed by atoms with Crippen LogP contribution in [0.25, 0.3) is 0 Å². The van der Waals surface area contributed by atoms with Crippen LogP contribution >= 0.6 is 0 Å². The molecule has 0 heterocycles. The highest BCUT2D eigenvalue weighted by Crippen LogP contribution is 2.30. The average molecular weight is 574 g/mol. The molecule has 0 aliphatic heterocycles. The zero-order valence-corrected chi connectivity index (χ0v) is 22.9. The monoisotopic (exact) mass is 573 g/mol. The highest BCUT2D eigenvalue weighted by molar-refractivity contribution is 7.92. The number of aliphatic hydroxyl groups is 1. The van der Waals surface area contributed by atoms with Crippen molar-refractivity contribution in [3.63, 3.8) is 0 Å². The van der Waals surface area contributed by atoms with Crippen LogP contribution in [0.4, 0.5) is 11.4 Å². The first kappa shape index (κ1) is 30.2. The Morgan fingerprint density at radius 2 is 1.62 bits per heavy atom. The lowest BCUT2D eigenvalue weighted by atomic mass is 9.90. The van der Waals surface area contributed by atoms with E-state index in [1.165, 1.54) is 37.4 Å². The normalized spacial score (nSPS) is 13.5. The van der Waals surface area contributed by atoms with Crippen molar-refractivity contribution in [2.24, 2.45) is 0 Å². The number of phenolic OH excluding ortho intramolecular Hbond substituents is 1. The SMILES string of the molecule is COc1ccc([C@](C)(NC[C@H](O)c2ccc(O)c(NS(C)(=O)=O)c2)C(=O)Nc2ccc(OCC(=O)O)cc2)cc1. The minimum atomic E-state index is -3.67. The maximum atomic E-state index is 13.6. The van der Waals surface area contributed by atoms with Gasteiger partial charge in [0.05, 0.1) is 25.2 Å². The third kappa shape index (κ3) is 8.09. The standard InChI is InChI=1S/C27H31N3O9S/c1-27(18-5-9-20(38-2)10-6-18,26(35)29-19-7-11-21(12-8-19)39-16-25(33)34)28-15-24(32)17-4-13-23(31)22(14-17)30-40(3,36)37/h4-14,24,28,30-32H,15-16H2,1-3H3,(H,29,35)(H,33,34)/t24-,27-/m0/s1. The predicted molar refractivity (Wildman–Crippen MR) is 148 cm³/mol. The number of aromatic hydroxyl groups is 1. The summed E-state index contributed by atoms with van der Waals surface area (Å²) in [5.41, 5.74) is -0.179. The molecule has 1 amide bonds. The Hall–Kier alpha value is -4.33. The number of hydrogen-bond acceptors (Lipinski definition) is 9. The van der Waals surface area contributed by atoms with Crippen LogP contribution in [0.5, 0.6) is 17.2 Å². The number of ether oxygens (including phenoxy) is 2. The molecule has 12 nitrogen and oxygen atoms in total. The van der Waals surface area contributed by atoms with Crippen molar-refractivity contribution in [2.45, 2.75) is 18.6 Å². The molecule has 0 bridgehead atoms. The molecule has 6 N–H and O–H groups in total. The van der Waals surface area contributed by atoms with Crippen LogP contribution in [0, 0.1) is 0 Å². The first-order chi connectivity index (χ1) is 18.8. The van der Waals surface area contributed by atoms with E-state index in [0.29, 0.717) is 28.3 Å². The molecular formula is C27H31N3O9S. The molecule has 0 saturated carbocycles. The van der Waals surface area contributed by atoms with Gasteiger partial charge in [0.25, 0.3) is 0 Å². The maximum absolute atomic E-state index is 13.6. The molecule has 0 saturated heterocycles. The van der Waals surface area contributed by atoms with Gasteiger partial charge in [-0.15, -0.1) is 0 Å². The van der Waals surface area contributed by atoms with Crippen molar-refractivity contribution in [3.05, 3.63) is 77.9 Å². The van der Waals surface area contributed by atoms with Gasteiger partial charge >= 0.3 is 5.97 Å². The van der Waals surface area contributed by atoms with Crippen LogP contribution in [-0.2, 0) is 25.2 Å². The largest absolute Gasteiger partial charge is 0.506 e. The minimum Gasteiger partial charge on any atom is -0.506 e. The number of sulfonamides is 1. The number of phenols is 1. The zero-order valence-electron chi connectivity index (χ0n) is 22.0. The summed E-state index contributed by atoms with van der Waals surface area (Å²) in [5, 5.41) is 35.6. The third-order valence-corrected chi connectivity index (χ3v) is 6.54. The van der Waals surface area contributed by atoms with E-state index in [0.717, 1.165) is 6.26 Å². The Kier molecular flexibility index (Phi) is 9.58. The number of methoxy groups -OCH3 is 1. The lowest BCUT2D eigenvalue weighted by molar-refractivity contribution is -0.139.